The molecule has 0 radical (unpaired) electrons. The van der Waals surface area contributed by atoms with Gasteiger partial charge in [-0.15, -0.1) is 0 Å². The molecule has 3 aromatic carbocycles. The number of aliphatic hydroxyl groups excluding tert-OH is 1. The van der Waals surface area contributed by atoms with E-state index in [-0.39, 0.29) is 17.0 Å². The number of para-hydroxylation sites is 1. The number of Topliss-reactive ketones (excluding diaryl/α,β-unsaturated/α-hetero) is 1. The molecule has 1 atom stereocenters. The Balaban J connectivity index is 1.99. The van der Waals surface area contributed by atoms with Crippen molar-refractivity contribution in [3.05, 3.63) is 95.3 Å². The van der Waals surface area contributed by atoms with E-state index < -0.39 is 23.5 Å². The molecule has 1 N–H and O–H groups in total. The van der Waals surface area contributed by atoms with Crippen molar-refractivity contribution in [3.63, 3.8) is 0 Å². The lowest BCUT2D eigenvalue weighted by Crippen LogP contribution is -2.29. The highest BCUT2D eigenvalue weighted by Gasteiger charge is 2.48. The third-order valence-electron chi connectivity index (χ3n) is 5.31. The molecule has 162 valence electrons. The van der Waals surface area contributed by atoms with Crippen LogP contribution >= 0.6 is 0 Å². The number of hydrogen-bond acceptors (Lipinski definition) is 5. The second-order valence-corrected chi connectivity index (χ2v) is 7.12. The number of ketones is 1. The minimum atomic E-state index is -1.03. The Morgan fingerprint density at radius 2 is 1.69 bits per heavy atom. The Labute approximate surface area is 184 Å². The lowest BCUT2D eigenvalue weighted by atomic mass is 9.94. The van der Waals surface area contributed by atoms with Gasteiger partial charge < -0.3 is 14.6 Å². The minimum absolute atomic E-state index is 0.128. The van der Waals surface area contributed by atoms with Gasteiger partial charge in [-0.3, -0.25) is 14.5 Å². The lowest BCUT2D eigenvalue weighted by molar-refractivity contribution is -0.132. The van der Waals surface area contributed by atoms with Gasteiger partial charge in [0.25, 0.3) is 11.7 Å². The van der Waals surface area contributed by atoms with E-state index in [1.807, 2.05) is 0 Å². The number of hydrogen-bond donors (Lipinski definition) is 1. The molecule has 1 unspecified atom stereocenters. The van der Waals surface area contributed by atoms with Gasteiger partial charge in [0, 0.05) is 16.8 Å². The molecule has 0 spiro atoms. The van der Waals surface area contributed by atoms with Crippen LogP contribution in [0.3, 0.4) is 0 Å². The average molecular weight is 433 g/mol. The Morgan fingerprint density at radius 3 is 2.41 bits per heavy atom. The van der Waals surface area contributed by atoms with Crippen molar-refractivity contribution in [2.45, 2.75) is 6.04 Å². The predicted molar refractivity (Wildman–Crippen MR) is 117 cm³/mol. The van der Waals surface area contributed by atoms with Crippen molar-refractivity contribution >= 4 is 23.1 Å². The van der Waals surface area contributed by atoms with Crippen LogP contribution in [0.1, 0.15) is 17.2 Å². The van der Waals surface area contributed by atoms with E-state index in [0.29, 0.717) is 22.6 Å². The van der Waals surface area contributed by atoms with Gasteiger partial charge in [-0.1, -0.05) is 36.4 Å². The van der Waals surface area contributed by atoms with Crippen LogP contribution in [0.2, 0.25) is 0 Å². The average Bonchev–Trinajstić information content (AvgIpc) is 3.08. The van der Waals surface area contributed by atoms with E-state index in [1.165, 1.54) is 43.4 Å². The number of amides is 1. The molecule has 1 fully saturated rings. The quantitative estimate of drug-likeness (QED) is 0.365. The van der Waals surface area contributed by atoms with Crippen molar-refractivity contribution in [1.29, 1.82) is 0 Å². The van der Waals surface area contributed by atoms with Gasteiger partial charge in [-0.2, -0.15) is 0 Å². The van der Waals surface area contributed by atoms with Crippen LogP contribution in [0.15, 0.2) is 78.4 Å². The van der Waals surface area contributed by atoms with Gasteiger partial charge >= 0.3 is 0 Å². The summed E-state index contributed by atoms with van der Waals surface area (Å²) < 4.78 is 24.7. The Kier molecular flexibility index (Phi) is 5.64. The van der Waals surface area contributed by atoms with Crippen molar-refractivity contribution in [2.75, 3.05) is 19.1 Å². The first-order valence-corrected chi connectivity index (χ1v) is 9.80. The first-order valence-electron chi connectivity index (χ1n) is 9.80. The van der Waals surface area contributed by atoms with Gasteiger partial charge in [0.2, 0.25) is 0 Å². The fraction of sp³-hybridized carbons (Fsp3) is 0.120. The van der Waals surface area contributed by atoms with Crippen LogP contribution in [-0.4, -0.2) is 31.0 Å². The first-order chi connectivity index (χ1) is 15.5. The number of rotatable bonds is 5. The number of ether oxygens (including phenoxy) is 2. The second kappa shape index (κ2) is 8.55. The van der Waals surface area contributed by atoms with Crippen LogP contribution in [0.4, 0.5) is 10.1 Å². The lowest BCUT2D eigenvalue weighted by Gasteiger charge is -2.26. The van der Waals surface area contributed by atoms with Crippen molar-refractivity contribution in [2.24, 2.45) is 0 Å². The van der Waals surface area contributed by atoms with Gasteiger partial charge in [0.15, 0.2) is 0 Å². The van der Waals surface area contributed by atoms with E-state index in [4.69, 9.17) is 9.47 Å². The number of methoxy groups -OCH3 is 2. The molecule has 0 aromatic heterocycles. The summed E-state index contributed by atoms with van der Waals surface area (Å²) in [6.45, 7) is 0. The summed E-state index contributed by atoms with van der Waals surface area (Å²) in [5.41, 5.74) is 0.842. The summed E-state index contributed by atoms with van der Waals surface area (Å²) in [5, 5.41) is 11.2. The molecule has 1 amide bonds. The number of anilines is 1. The topological polar surface area (TPSA) is 76.1 Å². The van der Waals surface area contributed by atoms with Gasteiger partial charge in [-0.25, -0.2) is 4.39 Å². The van der Waals surface area contributed by atoms with Crippen LogP contribution < -0.4 is 14.4 Å². The highest BCUT2D eigenvalue weighted by molar-refractivity contribution is 6.51. The number of benzene rings is 3. The van der Waals surface area contributed by atoms with E-state index >= 15 is 0 Å². The summed E-state index contributed by atoms with van der Waals surface area (Å²) in [6.07, 6.45) is 0. The minimum Gasteiger partial charge on any atom is -0.507 e. The molecular weight excluding hydrogens is 413 g/mol. The van der Waals surface area contributed by atoms with Gasteiger partial charge in [0.1, 0.15) is 23.1 Å². The van der Waals surface area contributed by atoms with E-state index in [2.05, 4.69) is 0 Å². The van der Waals surface area contributed by atoms with E-state index in [9.17, 15) is 19.1 Å². The molecular formula is C25H20FNO5. The summed E-state index contributed by atoms with van der Waals surface area (Å²) in [7, 11) is 2.95. The van der Waals surface area contributed by atoms with Crippen LogP contribution in [0.5, 0.6) is 11.5 Å². The third-order valence-corrected chi connectivity index (χ3v) is 5.31. The van der Waals surface area contributed by atoms with Crippen LogP contribution in [-0.2, 0) is 9.59 Å². The number of halogens is 1. The fourth-order valence-electron chi connectivity index (χ4n) is 3.84. The molecule has 4 rings (SSSR count). The first kappa shape index (κ1) is 21.1. The van der Waals surface area contributed by atoms with Crippen molar-refractivity contribution in [3.8, 4) is 11.5 Å². The highest BCUT2D eigenvalue weighted by Crippen LogP contribution is 2.45. The molecule has 0 bridgehead atoms. The summed E-state index contributed by atoms with van der Waals surface area (Å²) in [4.78, 5) is 27.4. The molecule has 1 aliphatic rings. The second-order valence-electron chi connectivity index (χ2n) is 7.12. The Bertz CT molecular complexity index is 1240. The molecule has 1 aliphatic heterocycles. The molecule has 32 heavy (non-hydrogen) atoms. The number of aliphatic hydroxyl groups is 1. The van der Waals surface area contributed by atoms with Crippen molar-refractivity contribution < 1.29 is 28.6 Å². The van der Waals surface area contributed by atoms with E-state index in [1.54, 1.807) is 48.5 Å². The standard InChI is InChI=1S/C25H20FNO5/c1-31-18-10-5-7-15(13-18)23(28)21-22(19-11-3-4-12-20(19)32-2)27(25(30)24(21)29)17-9-6-8-16(26)14-17/h3-14,22,28H,1-2H3/b23-21+. The summed E-state index contributed by atoms with van der Waals surface area (Å²) in [5.74, 6) is -1.80. The Hall–Kier alpha value is -4.13. The molecule has 1 heterocycles. The summed E-state index contributed by atoms with van der Waals surface area (Å²) >= 11 is 0. The number of carbonyl (C=O) groups is 2. The molecule has 0 saturated carbocycles. The zero-order valence-electron chi connectivity index (χ0n) is 17.4. The van der Waals surface area contributed by atoms with Crippen LogP contribution in [0, 0.1) is 5.82 Å². The third kappa shape index (κ3) is 3.58. The maximum atomic E-state index is 14.0. The molecule has 6 nitrogen and oxygen atoms in total. The fourth-order valence-corrected chi connectivity index (χ4v) is 3.84. The molecule has 7 heteroatoms. The van der Waals surface area contributed by atoms with Gasteiger partial charge in [0.05, 0.1) is 25.8 Å². The largest absolute Gasteiger partial charge is 0.507 e. The molecule has 3 aromatic rings. The predicted octanol–water partition coefficient (Wildman–Crippen LogP) is 4.47. The normalized spacial score (nSPS) is 17.5. The van der Waals surface area contributed by atoms with Crippen LogP contribution in [0.25, 0.3) is 5.76 Å². The number of carbonyl (C=O) groups excluding carboxylic acids is 2. The maximum absolute atomic E-state index is 14.0. The SMILES string of the molecule is COc1cccc(/C(O)=C2\C(=O)C(=O)N(c3cccc(F)c3)C2c2ccccc2OC)c1. The molecule has 1 saturated heterocycles. The molecule has 0 aliphatic carbocycles. The zero-order valence-corrected chi connectivity index (χ0v) is 17.4. The zero-order chi connectivity index (χ0) is 22.8. The maximum Gasteiger partial charge on any atom is 0.300 e. The summed E-state index contributed by atoms with van der Waals surface area (Å²) in [6, 6.07) is 17.7. The monoisotopic (exact) mass is 433 g/mol. The van der Waals surface area contributed by atoms with Gasteiger partial charge in [-0.05, 0) is 36.4 Å². The van der Waals surface area contributed by atoms with Crippen molar-refractivity contribution in [1.82, 2.24) is 0 Å². The Morgan fingerprint density at radius 1 is 0.938 bits per heavy atom. The smallest absolute Gasteiger partial charge is 0.300 e. The van der Waals surface area contributed by atoms with E-state index in [0.717, 1.165) is 0 Å². The highest BCUT2D eigenvalue weighted by atomic mass is 19.1. The number of nitrogens with zero attached hydrogens (tertiary/aromatic N) is 1.